The number of hydrogen-bond donors (Lipinski definition) is 3. The summed E-state index contributed by atoms with van der Waals surface area (Å²) in [6, 6.07) is 15.2. The first-order valence-electron chi connectivity index (χ1n) is 11.2. The Balaban J connectivity index is 1.35. The molecular weight excluding hydrogens is 424 g/mol. The summed E-state index contributed by atoms with van der Waals surface area (Å²) in [6.45, 7) is 2.30. The van der Waals surface area contributed by atoms with Gasteiger partial charge in [0.05, 0.1) is 12.5 Å². The van der Waals surface area contributed by atoms with Crippen molar-refractivity contribution < 1.29 is 29.0 Å². The summed E-state index contributed by atoms with van der Waals surface area (Å²) in [5, 5.41) is 14.4. The Hall–Kier alpha value is -3.39. The maximum atomic E-state index is 12.6. The van der Waals surface area contributed by atoms with Crippen LogP contribution in [0.15, 0.2) is 48.5 Å². The Kier molecular flexibility index (Phi) is 6.93. The zero-order chi connectivity index (χ0) is 23.4. The van der Waals surface area contributed by atoms with Crippen LogP contribution in [0.2, 0.25) is 0 Å². The second-order valence-electron chi connectivity index (χ2n) is 8.37. The highest BCUT2D eigenvalue weighted by molar-refractivity contribution is 5.84. The molecule has 3 N–H and O–H groups in total. The SMILES string of the molecule is CCC(CC(=O)O)NC(=O)[C@@H]1OCC[C@@H]1NC(=O)OCC1c2ccccc2-c2ccccc21. The summed E-state index contributed by atoms with van der Waals surface area (Å²) in [6.07, 6.45) is -0.705. The molecule has 0 saturated carbocycles. The lowest BCUT2D eigenvalue weighted by atomic mass is 9.98. The van der Waals surface area contributed by atoms with E-state index in [2.05, 4.69) is 22.8 Å². The van der Waals surface area contributed by atoms with Gasteiger partial charge in [0, 0.05) is 18.6 Å². The number of alkyl carbamates (subject to hydrolysis) is 1. The van der Waals surface area contributed by atoms with Gasteiger partial charge in [-0.25, -0.2) is 4.79 Å². The minimum absolute atomic E-state index is 0.0524. The molecule has 1 aliphatic carbocycles. The fourth-order valence-electron chi connectivity index (χ4n) is 4.58. The van der Waals surface area contributed by atoms with E-state index < -0.39 is 36.2 Å². The third-order valence-electron chi connectivity index (χ3n) is 6.26. The molecule has 2 aromatic rings. The lowest BCUT2D eigenvalue weighted by Gasteiger charge is -2.22. The van der Waals surface area contributed by atoms with Crippen LogP contribution < -0.4 is 10.6 Å². The molecule has 1 fully saturated rings. The van der Waals surface area contributed by atoms with Crippen LogP contribution in [0.4, 0.5) is 4.79 Å². The molecule has 174 valence electrons. The van der Waals surface area contributed by atoms with Crippen LogP contribution in [0.3, 0.4) is 0 Å². The molecule has 0 radical (unpaired) electrons. The minimum Gasteiger partial charge on any atom is -0.481 e. The average molecular weight is 453 g/mol. The number of carbonyl (C=O) groups is 3. The molecule has 1 saturated heterocycles. The van der Waals surface area contributed by atoms with Crippen molar-refractivity contribution in [2.75, 3.05) is 13.2 Å². The molecule has 1 unspecified atom stereocenters. The highest BCUT2D eigenvalue weighted by atomic mass is 16.6. The maximum absolute atomic E-state index is 12.6. The topological polar surface area (TPSA) is 114 Å². The standard InChI is InChI=1S/C25H28N2O6/c1-2-15(13-22(28)29)26-24(30)23-21(11-12-32-23)27-25(31)33-14-20-18-9-5-3-7-16(18)17-8-4-6-10-19(17)20/h3-10,15,20-21,23H,2,11-14H2,1H3,(H,26,30)(H,27,31)(H,28,29)/t15?,21-,23+/m0/s1. The highest BCUT2D eigenvalue weighted by Crippen LogP contribution is 2.44. The first-order valence-corrected chi connectivity index (χ1v) is 11.2. The minimum atomic E-state index is -0.984. The number of fused-ring (bicyclic) bond motifs is 3. The van der Waals surface area contributed by atoms with E-state index in [-0.39, 0.29) is 18.9 Å². The normalized spacial score (nSPS) is 19.9. The molecule has 1 heterocycles. The Morgan fingerprint density at radius 3 is 2.33 bits per heavy atom. The monoisotopic (exact) mass is 452 g/mol. The molecule has 8 nitrogen and oxygen atoms in total. The van der Waals surface area contributed by atoms with E-state index in [1.165, 1.54) is 0 Å². The number of aliphatic carboxylic acids is 1. The zero-order valence-corrected chi connectivity index (χ0v) is 18.5. The first-order chi connectivity index (χ1) is 16.0. The number of benzene rings is 2. The molecule has 2 aromatic carbocycles. The number of carbonyl (C=O) groups excluding carboxylic acids is 2. The van der Waals surface area contributed by atoms with E-state index in [0.29, 0.717) is 19.4 Å². The van der Waals surface area contributed by atoms with Crippen molar-refractivity contribution in [3.8, 4) is 11.1 Å². The number of ether oxygens (including phenoxy) is 2. The number of carboxylic acid groups (broad SMARTS) is 1. The molecule has 33 heavy (non-hydrogen) atoms. The van der Waals surface area contributed by atoms with Gasteiger partial charge in [0.25, 0.3) is 5.91 Å². The lowest BCUT2D eigenvalue weighted by molar-refractivity contribution is -0.138. The van der Waals surface area contributed by atoms with E-state index in [0.717, 1.165) is 22.3 Å². The summed E-state index contributed by atoms with van der Waals surface area (Å²) >= 11 is 0. The van der Waals surface area contributed by atoms with Crippen molar-refractivity contribution in [1.82, 2.24) is 10.6 Å². The van der Waals surface area contributed by atoms with E-state index in [1.807, 2.05) is 36.4 Å². The van der Waals surface area contributed by atoms with Gasteiger partial charge in [0.1, 0.15) is 6.61 Å². The largest absolute Gasteiger partial charge is 0.481 e. The molecule has 0 aromatic heterocycles. The first kappa shape index (κ1) is 22.8. The fourth-order valence-corrected chi connectivity index (χ4v) is 4.58. The quantitative estimate of drug-likeness (QED) is 0.567. The molecule has 0 bridgehead atoms. The van der Waals surface area contributed by atoms with Gasteiger partial charge in [0.15, 0.2) is 6.10 Å². The van der Waals surface area contributed by atoms with Crippen molar-refractivity contribution in [2.24, 2.45) is 0 Å². The Morgan fingerprint density at radius 1 is 1.09 bits per heavy atom. The summed E-state index contributed by atoms with van der Waals surface area (Å²) in [4.78, 5) is 36.1. The summed E-state index contributed by atoms with van der Waals surface area (Å²) in [5.41, 5.74) is 4.54. The zero-order valence-electron chi connectivity index (χ0n) is 18.5. The molecular formula is C25H28N2O6. The van der Waals surface area contributed by atoms with E-state index in [9.17, 15) is 14.4 Å². The van der Waals surface area contributed by atoms with Gasteiger partial charge in [-0.15, -0.1) is 0 Å². The predicted octanol–water partition coefficient (Wildman–Crippen LogP) is 3.05. The Labute approximate surface area is 192 Å². The molecule has 1 aliphatic heterocycles. The van der Waals surface area contributed by atoms with Gasteiger partial charge >= 0.3 is 12.1 Å². The van der Waals surface area contributed by atoms with Crippen molar-refractivity contribution in [2.45, 2.75) is 50.3 Å². The Bertz CT molecular complexity index is 994. The predicted molar refractivity (Wildman–Crippen MR) is 121 cm³/mol. The van der Waals surface area contributed by atoms with Crippen LogP contribution in [-0.4, -0.2) is 54.5 Å². The van der Waals surface area contributed by atoms with Gasteiger partial charge in [0.2, 0.25) is 0 Å². The van der Waals surface area contributed by atoms with Gasteiger partial charge in [-0.2, -0.15) is 0 Å². The summed E-state index contributed by atoms with van der Waals surface area (Å²) in [7, 11) is 0. The number of nitrogens with one attached hydrogen (secondary N) is 2. The van der Waals surface area contributed by atoms with Crippen molar-refractivity contribution >= 4 is 18.0 Å². The molecule has 2 amide bonds. The number of carboxylic acids is 1. The van der Waals surface area contributed by atoms with E-state index in [1.54, 1.807) is 6.92 Å². The summed E-state index contributed by atoms with van der Waals surface area (Å²) < 4.78 is 11.1. The molecule has 2 aliphatic rings. The third-order valence-corrected chi connectivity index (χ3v) is 6.26. The Morgan fingerprint density at radius 2 is 1.73 bits per heavy atom. The van der Waals surface area contributed by atoms with Gasteiger partial charge in [-0.05, 0) is 35.1 Å². The van der Waals surface area contributed by atoms with Crippen LogP contribution >= 0.6 is 0 Å². The third kappa shape index (κ3) is 5.01. The van der Waals surface area contributed by atoms with Crippen LogP contribution in [0, 0.1) is 0 Å². The molecule has 4 rings (SSSR count). The molecule has 3 atom stereocenters. The van der Waals surface area contributed by atoms with Crippen LogP contribution in [0.5, 0.6) is 0 Å². The average Bonchev–Trinajstić information content (AvgIpc) is 3.39. The second-order valence-corrected chi connectivity index (χ2v) is 8.37. The number of rotatable bonds is 8. The maximum Gasteiger partial charge on any atom is 0.407 e. The smallest absolute Gasteiger partial charge is 0.407 e. The van der Waals surface area contributed by atoms with Crippen molar-refractivity contribution in [3.05, 3.63) is 59.7 Å². The van der Waals surface area contributed by atoms with Crippen molar-refractivity contribution in [1.29, 1.82) is 0 Å². The molecule has 0 spiro atoms. The van der Waals surface area contributed by atoms with Crippen molar-refractivity contribution in [3.63, 3.8) is 0 Å². The van der Waals surface area contributed by atoms with Crippen LogP contribution in [0.1, 0.15) is 43.2 Å². The second kappa shape index (κ2) is 10.0. The van der Waals surface area contributed by atoms with E-state index >= 15 is 0 Å². The highest BCUT2D eigenvalue weighted by Gasteiger charge is 2.37. The number of hydrogen-bond acceptors (Lipinski definition) is 5. The van der Waals surface area contributed by atoms with Crippen LogP contribution in [-0.2, 0) is 19.1 Å². The van der Waals surface area contributed by atoms with Gasteiger partial charge in [-0.3, -0.25) is 9.59 Å². The van der Waals surface area contributed by atoms with Gasteiger partial charge < -0.3 is 25.2 Å². The fraction of sp³-hybridized carbons (Fsp3) is 0.400. The van der Waals surface area contributed by atoms with Gasteiger partial charge in [-0.1, -0.05) is 55.5 Å². The molecule has 8 heteroatoms. The lowest BCUT2D eigenvalue weighted by Crippen LogP contribution is -2.50. The van der Waals surface area contributed by atoms with Crippen LogP contribution in [0.25, 0.3) is 11.1 Å². The number of amides is 2. The summed E-state index contributed by atoms with van der Waals surface area (Å²) in [5.74, 6) is -1.46. The van der Waals surface area contributed by atoms with E-state index in [4.69, 9.17) is 14.6 Å².